The number of aromatic amines is 1. The molecule has 4 heteroatoms. The van der Waals surface area contributed by atoms with Crippen molar-refractivity contribution < 1.29 is 4.79 Å². The Kier molecular flexibility index (Phi) is 3.53. The molecule has 1 aromatic carbocycles. The summed E-state index contributed by atoms with van der Waals surface area (Å²) in [6.45, 7) is 6.95. The third-order valence-electron chi connectivity index (χ3n) is 4.39. The fourth-order valence-electron chi connectivity index (χ4n) is 3.26. The molecule has 0 saturated carbocycles. The summed E-state index contributed by atoms with van der Waals surface area (Å²) < 4.78 is 0. The number of benzene rings is 1. The molecule has 0 unspecified atom stereocenters. The second-order valence-electron chi connectivity index (χ2n) is 6.03. The molecule has 1 aliphatic rings. The summed E-state index contributed by atoms with van der Waals surface area (Å²) in [6.07, 6.45) is 1.01. The normalized spacial score (nSPS) is 21.8. The molecule has 0 aliphatic carbocycles. The minimum absolute atomic E-state index is 0.0305. The van der Waals surface area contributed by atoms with Gasteiger partial charge in [-0.2, -0.15) is 5.10 Å². The van der Waals surface area contributed by atoms with Crippen molar-refractivity contribution in [1.29, 1.82) is 0 Å². The van der Waals surface area contributed by atoms with Gasteiger partial charge in [0.25, 0.3) is 5.91 Å². The van der Waals surface area contributed by atoms with Crippen molar-refractivity contribution in [3.8, 4) is 0 Å². The van der Waals surface area contributed by atoms with Crippen LogP contribution < -0.4 is 0 Å². The molecule has 0 bridgehead atoms. The zero-order valence-corrected chi connectivity index (χ0v) is 12.8. The number of carbonyl (C=O) groups is 1. The molecule has 2 aromatic rings. The van der Waals surface area contributed by atoms with Crippen LogP contribution in [-0.2, 0) is 0 Å². The Balaban J connectivity index is 1.80. The third-order valence-corrected chi connectivity index (χ3v) is 4.39. The standard InChI is InChI=1S/C17H21N3O/c1-11-6-4-5-7-15(11)14-9-13(3)20(10-14)17(21)16-8-12(2)18-19-16/h4-8,13-14H,9-10H2,1-3H3,(H,18,19)/t13-,14+/m1/s1. The molecule has 1 aromatic heterocycles. The van der Waals surface area contributed by atoms with Gasteiger partial charge in [-0.25, -0.2) is 0 Å². The van der Waals surface area contributed by atoms with Gasteiger partial charge in [0.05, 0.1) is 0 Å². The smallest absolute Gasteiger partial charge is 0.274 e. The van der Waals surface area contributed by atoms with Gasteiger partial charge in [-0.3, -0.25) is 9.89 Å². The van der Waals surface area contributed by atoms with E-state index in [1.807, 2.05) is 17.9 Å². The van der Waals surface area contributed by atoms with E-state index in [-0.39, 0.29) is 11.9 Å². The van der Waals surface area contributed by atoms with Crippen LogP contribution in [0.5, 0.6) is 0 Å². The van der Waals surface area contributed by atoms with E-state index in [0.29, 0.717) is 11.6 Å². The van der Waals surface area contributed by atoms with Crippen molar-refractivity contribution >= 4 is 5.91 Å². The molecular weight excluding hydrogens is 262 g/mol. The van der Waals surface area contributed by atoms with Crippen molar-refractivity contribution in [1.82, 2.24) is 15.1 Å². The lowest BCUT2D eigenvalue weighted by Crippen LogP contribution is -2.34. The quantitative estimate of drug-likeness (QED) is 0.921. The molecule has 4 nitrogen and oxygen atoms in total. The highest BCUT2D eigenvalue weighted by Crippen LogP contribution is 2.33. The lowest BCUT2D eigenvalue weighted by atomic mass is 9.93. The summed E-state index contributed by atoms with van der Waals surface area (Å²) in [7, 11) is 0. The van der Waals surface area contributed by atoms with E-state index in [1.165, 1.54) is 11.1 Å². The average Bonchev–Trinajstić information content (AvgIpc) is 3.05. The van der Waals surface area contributed by atoms with Gasteiger partial charge in [-0.15, -0.1) is 0 Å². The van der Waals surface area contributed by atoms with Gasteiger partial charge in [0.15, 0.2) is 0 Å². The first-order chi connectivity index (χ1) is 10.1. The first-order valence-corrected chi connectivity index (χ1v) is 7.44. The average molecular weight is 283 g/mol. The molecular formula is C17H21N3O. The summed E-state index contributed by atoms with van der Waals surface area (Å²) in [5.41, 5.74) is 4.10. The summed E-state index contributed by atoms with van der Waals surface area (Å²) in [6, 6.07) is 10.5. The van der Waals surface area contributed by atoms with E-state index in [9.17, 15) is 4.79 Å². The number of carbonyl (C=O) groups excluding carboxylic acids is 1. The van der Waals surface area contributed by atoms with Crippen molar-refractivity contribution in [3.05, 3.63) is 52.8 Å². The fourth-order valence-corrected chi connectivity index (χ4v) is 3.26. The Bertz CT molecular complexity index is 662. The molecule has 3 rings (SSSR count). The summed E-state index contributed by atoms with van der Waals surface area (Å²) in [4.78, 5) is 14.5. The van der Waals surface area contributed by atoms with Gasteiger partial charge >= 0.3 is 0 Å². The largest absolute Gasteiger partial charge is 0.334 e. The number of amides is 1. The number of hydrogen-bond acceptors (Lipinski definition) is 2. The Hall–Kier alpha value is -2.10. The topological polar surface area (TPSA) is 49.0 Å². The van der Waals surface area contributed by atoms with Gasteiger partial charge in [0.2, 0.25) is 0 Å². The van der Waals surface area contributed by atoms with Crippen molar-refractivity contribution in [2.45, 2.75) is 39.2 Å². The number of rotatable bonds is 2. The second kappa shape index (κ2) is 5.35. The maximum atomic E-state index is 12.6. The minimum Gasteiger partial charge on any atom is -0.334 e. The predicted molar refractivity (Wildman–Crippen MR) is 82.4 cm³/mol. The van der Waals surface area contributed by atoms with E-state index in [4.69, 9.17) is 0 Å². The highest BCUT2D eigenvalue weighted by Gasteiger charge is 2.34. The van der Waals surface area contributed by atoms with Crippen LogP contribution in [0.3, 0.4) is 0 Å². The monoisotopic (exact) mass is 283 g/mol. The fraction of sp³-hybridized carbons (Fsp3) is 0.412. The highest BCUT2D eigenvalue weighted by molar-refractivity contribution is 5.92. The van der Waals surface area contributed by atoms with Crippen LogP contribution in [0.25, 0.3) is 0 Å². The molecule has 2 heterocycles. The Labute approximate surface area is 125 Å². The van der Waals surface area contributed by atoms with E-state index >= 15 is 0 Å². The Morgan fingerprint density at radius 1 is 1.33 bits per heavy atom. The van der Waals surface area contributed by atoms with Crippen LogP contribution in [-0.4, -0.2) is 33.6 Å². The summed E-state index contributed by atoms with van der Waals surface area (Å²) >= 11 is 0. The van der Waals surface area contributed by atoms with E-state index in [0.717, 1.165) is 18.7 Å². The van der Waals surface area contributed by atoms with Crippen molar-refractivity contribution in [2.24, 2.45) is 0 Å². The number of nitrogens with one attached hydrogen (secondary N) is 1. The number of hydrogen-bond donors (Lipinski definition) is 1. The minimum atomic E-state index is 0.0305. The SMILES string of the molecule is Cc1cc(C(=O)N2C[C@@H](c3ccccc3C)C[C@H]2C)n[nH]1. The first-order valence-electron chi connectivity index (χ1n) is 7.44. The highest BCUT2D eigenvalue weighted by atomic mass is 16.2. The Morgan fingerprint density at radius 3 is 2.76 bits per heavy atom. The first kappa shape index (κ1) is 13.9. The Morgan fingerprint density at radius 2 is 2.10 bits per heavy atom. The van der Waals surface area contributed by atoms with E-state index in [1.54, 1.807) is 0 Å². The molecule has 1 fully saturated rings. The van der Waals surface area contributed by atoms with Gasteiger partial charge in [-0.1, -0.05) is 24.3 Å². The predicted octanol–water partition coefficient (Wildman–Crippen LogP) is 3.04. The van der Waals surface area contributed by atoms with Crippen molar-refractivity contribution in [2.75, 3.05) is 6.54 Å². The molecule has 2 atom stereocenters. The second-order valence-corrected chi connectivity index (χ2v) is 6.03. The van der Waals surface area contributed by atoms with Crippen LogP contribution in [0, 0.1) is 13.8 Å². The van der Waals surface area contributed by atoms with Gasteiger partial charge in [-0.05, 0) is 44.4 Å². The van der Waals surface area contributed by atoms with Crippen LogP contribution in [0.2, 0.25) is 0 Å². The molecule has 1 amide bonds. The van der Waals surface area contributed by atoms with Crippen molar-refractivity contribution in [3.63, 3.8) is 0 Å². The van der Waals surface area contributed by atoms with E-state index < -0.39 is 0 Å². The molecule has 1 N–H and O–H groups in total. The maximum absolute atomic E-state index is 12.6. The van der Waals surface area contributed by atoms with Crippen LogP contribution >= 0.6 is 0 Å². The molecule has 1 aliphatic heterocycles. The zero-order valence-electron chi connectivity index (χ0n) is 12.8. The molecule has 0 radical (unpaired) electrons. The van der Waals surface area contributed by atoms with Crippen LogP contribution in [0.15, 0.2) is 30.3 Å². The number of aryl methyl sites for hydroxylation is 2. The molecule has 0 spiro atoms. The summed E-state index contributed by atoms with van der Waals surface area (Å²) in [5.74, 6) is 0.452. The number of H-pyrrole nitrogens is 1. The number of likely N-dealkylation sites (tertiary alicyclic amines) is 1. The third kappa shape index (κ3) is 2.58. The zero-order chi connectivity index (χ0) is 15.0. The van der Waals surface area contributed by atoms with Gasteiger partial charge in [0, 0.05) is 24.2 Å². The van der Waals surface area contributed by atoms with Crippen LogP contribution in [0.1, 0.15) is 46.6 Å². The molecule has 110 valence electrons. The van der Waals surface area contributed by atoms with Gasteiger partial charge in [0.1, 0.15) is 5.69 Å². The number of aromatic nitrogens is 2. The van der Waals surface area contributed by atoms with E-state index in [2.05, 4.69) is 48.3 Å². The number of nitrogens with zero attached hydrogens (tertiary/aromatic N) is 2. The molecule has 21 heavy (non-hydrogen) atoms. The summed E-state index contributed by atoms with van der Waals surface area (Å²) in [5, 5.41) is 6.94. The van der Waals surface area contributed by atoms with Crippen LogP contribution in [0.4, 0.5) is 0 Å². The maximum Gasteiger partial charge on any atom is 0.274 e. The molecule has 1 saturated heterocycles. The van der Waals surface area contributed by atoms with Gasteiger partial charge < -0.3 is 4.90 Å². The lowest BCUT2D eigenvalue weighted by molar-refractivity contribution is 0.0740. The lowest BCUT2D eigenvalue weighted by Gasteiger charge is -2.20.